The molecule has 0 radical (unpaired) electrons. The van der Waals surface area contributed by atoms with Crippen molar-refractivity contribution in [2.45, 2.75) is 97.8 Å². The summed E-state index contributed by atoms with van der Waals surface area (Å²) in [5.41, 5.74) is 2.85. The molecule has 2 saturated carbocycles. The van der Waals surface area contributed by atoms with Crippen LogP contribution in [0.15, 0.2) is 23.0 Å². The van der Waals surface area contributed by atoms with E-state index in [-0.39, 0.29) is 5.83 Å². The van der Waals surface area contributed by atoms with Crippen LogP contribution in [0.1, 0.15) is 97.8 Å². The second kappa shape index (κ2) is 8.87. The van der Waals surface area contributed by atoms with Gasteiger partial charge in [0.05, 0.1) is 5.83 Å². The van der Waals surface area contributed by atoms with E-state index >= 15 is 0 Å². The average Bonchev–Trinajstić information content (AvgIpc) is 2.62. The summed E-state index contributed by atoms with van der Waals surface area (Å²) in [6.45, 7) is 6.27. The normalized spacial score (nSPS) is 38.1. The highest BCUT2D eigenvalue weighted by molar-refractivity contribution is 5.29. The van der Waals surface area contributed by atoms with Crippen molar-refractivity contribution in [3.05, 3.63) is 23.0 Å². The van der Waals surface area contributed by atoms with Gasteiger partial charge in [-0.15, -0.1) is 0 Å². The van der Waals surface area contributed by atoms with Gasteiger partial charge < -0.3 is 0 Å². The molecule has 142 valence electrons. The van der Waals surface area contributed by atoms with Gasteiger partial charge in [0, 0.05) is 0 Å². The van der Waals surface area contributed by atoms with E-state index in [9.17, 15) is 4.39 Å². The van der Waals surface area contributed by atoms with Gasteiger partial charge in [-0.3, -0.25) is 0 Å². The van der Waals surface area contributed by atoms with Crippen molar-refractivity contribution in [3.63, 3.8) is 0 Å². The maximum atomic E-state index is 13.3. The molecule has 0 aromatic heterocycles. The monoisotopic (exact) mass is 346 g/mol. The van der Waals surface area contributed by atoms with Crippen LogP contribution in [0.4, 0.5) is 4.39 Å². The summed E-state index contributed by atoms with van der Waals surface area (Å²) in [5, 5.41) is 0. The van der Waals surface area contributed by atoms with Crippen molar-refractivity contribution in [2.75, 3.05) is 0 Å². The highest BCUT2D eigenvalue weighted by atomic mass is 19.1. The van der Waals surface area contributed by atoms with E-state index in [4.69, 9.17) is 0 Å². The fourth-order valence-corrected chi connectivity index (χ4v) is 6.10. The fraction of sp³-hybridized carbons (Fsp3) is 0.833. The summed E-state index contributed by atoms with van der Waals surface area (Å²) in [4.78, 5) is 0. The largest absolute Gasteiger partial charge is 0.212 e. The lowest BCUT2D eigenvalue weighted by molar-refractivity contribution is 0.123. The number of hydrogen-bond acceptors (Lipinski definition) is 0. The van der Waals surface area contributed by atoms with Crippen LogP contribution in [0.25, 0.3) is 0 Å². The Balaban J connectivity index is 1.52. The third-order valence-corrected chi connectivity index (χ3v) is 7.76. The standard InChI is InChI=1S/C24H39F/c1-4-19-16-24(14-13-23(19)15-18(3)25)22-11-9-21(10-12-22)20-7-5-17(2)6-8-20/h15,17,20-22,24H,4-14,16H2,1-3H3/b18-15+. The average molecular weight is 347 g/mol. The molecule has 1 atom stereocenters. The summed E-state index contributed by atoms with van der Waals surface area (Å²) >= 11 is 0. The molecule has 25 heavy (non-hydrogen) atoms. The molecular weight excluding hydrogens is 307 g/mol. The number of halogens is 1. The minimum absolute atomic E-state index is 0.0262. The minimum Gasteiger partial charge on any atom is -0.212 e. The van der Waals surface area contributed by atoms with Crippen molar-refractivity contribution >= 4 is 0 Å². The first-order chi connectivity index (χ1) is 12.1. The lowest BCUT2D eigenvalue weighted by Gasteiger charge is -2.40. The first-order valence-corrected chi connectivity index (χ1v) is 11.1. The number of hydrogen-bond donors (Lipinski definition) is 0. The molecule has 0 nitrogen and oxygen atoms in total. The van der Waals surface area contributed by atoms with E-state index in [1.54, 1.807) is 13.0 Å². The quantitative estimate of drug-likeness (QED) is 0.483. The number of rotatable bonds is 4. The van der Waals surface area contributed by atoms with Crippen LogP contribution >= 0.6 is 0 Å². The van der Waals surface area contributed by atoms with E-state index in [0.717, 1.165) is 42.4 Å². The highest BCUT2D eigenvalue weighted by Crippen LogP contribution is 2.46. The molecule has 3 aliphatic rings. The maximum Gasteiger partial charge on any atom is 0.0971 e. The Kier molecular flexibility index (Phi) is 6.80. The van der Waals surface area contributed by atoms with E-state index in [2.05, 4.69) is 13.8 Å². The maximum absolute atomic E-state index is 13.3. The first-order valence-electron chi connectivity index (χ1n) is 11.1. The Morgan fingerprint density at radius 2 is 1.40 bits per heavy atom. The van der Waals surface area contributed by atoms with Crippen LogP contribution in [-0.4, -0.2) is 0 Å². The Morgan fingerprint density at radius 3 is 1.92 bits per heavy atom. The van der Waals surface area contributed by atoms with Gasteiger partial charge in [-0.25, -0.2) is 4.39 Å². The zero-order chi connectivity index (χ0) is 17.8. The van der Waals surface area contributed by atoms with Gasteiger partial charge in [-0.2, -0.15) is 0 Å². The lowest BCUT2D eigenvalue weighted by Crippen LogP contribution is -2.29. The van der Waals surface area contributed by atoms with Crippen LogP contribution in [0.2, 0.25) is 0 Å². The van der Waals surface area contributed by atoms with Crippen molar-refractivity contribution < 1.29 is 4.39 Å². The molecule has 0 heterocycles. The Bertz CT molecular complexity index is 480. The third kappa shape index (κ3) is 4.98. The van der Waals surface area contributed by atoms with Crippen molar-refractivity contribution in [3.8, 4) is 0 Å². The molecular formula is C24H39F. The van der Waals surface area contributed by atoms with Crippen LogP contribution < -0.4 is 0 Å². The van der Waals surface area contributed by atoms with E-state index in [1.807, 2.05) is 0 Å². The second-order valence-corrected chi connectivity index (χ2v) is 9.41. The Labute approximate surface area is 155 Å². The summed E-state index contributed by atoms with van der Waals surface area (Å²) < 4.78 is 13.3. The summed E-state index contributed by atoms with van der Waals surface area (Å²) in [7, 11) is 0. The van der Waals surface area contributed by atoms with Crippen molar-refractivity contribution in [1.29, 1.82) is 0 Å². The van der Waals surface area contributed by atoms with Crippen LogP contribution in [0, 0.1) is 29.6 Å². The molecule has 1 heteroatoms. The molecule has 2 fully saturated rings. The second-order valence-electron chi connectivity index (χ2n) is 9.41. The fourth-order valence-electron chi connectivity index (χ4n) is 6.10. The molecule has 0 spiro atoms. The van der Waals surface area contributed by atoms with Gasteiger partial charge >= 0.3 is 0 Å². The van der Waals surface area contributed by atoms with Gasteiger partial charge in [0.25, 0.3) is 0 Å². The Hall–Kier alpha value is -0.590. The molecule has 0 amide bonds. The summed E-state index contributed by atoms with van der Waals surface area (Å²) in [6.07, 6.45) is 18.4. The number of allylic oxidation sites excluding steroid dienone is 4. The molecule has 1 unspecified atom stereocenters. The zero-order valence-corrected chi connectivity index (χ0v) is 16.8. The highest BCUT2D eigenvalue weighted by Gasteiger charge is 2.33. The van der Waals surface area contributed by atoms with Gasteiger partial charge in [0.15, 0.2) is 0 Å². The van der Waals surface area contributed by atoms with Crippen LogP contribution in [0.3, 0.4) is 0 Å². The van der Waals surface area contributed by atoms with Gasteiger partial charge in [0.1, 0.15) is 0 Å². The van der Waals surface area contributed by atoms with Crippen LogP contribution in [0.5, 0.6) is 0 Å². The van der Waals surface area contributed by atoms with Gasteiger partial charge in [-0.1, -0.05) is 32.3 Å². The lowest BCUT2D eigenvalue weighted by atomic mass is 9.65. The van der Waals surface area contributed by atoms with E-state index in [0.29, 0.717) is 0 Å². The van der Waals surface area contributed by atoms with Gasteiger partial charge in [0.2, 0.25) is 0 Å². The third-order valence-electron chi connectivity index (χ3n) is 7.76. The summed E-state index contributed by atoms with van der Waals surface area (Å²) in [6, 6.07) is 0. The summed E-state index contributed by atoms with van der Waals surface area (Å²) in [5.74, 6) is 4.84. The Morgan fingerprint density at radius 1 is 0.880 bits per heavy atom. The molecule has 0 aromatic rings. The van der Waals surface area contributed by atoms with Crippen LogP contribution in [-0.2, 0) is 0 Å². The molecule has 0 N–H and O–H groups in total. The molecule has 0 saturated heterocycles. The predicted molar refractivity (Wildman–Crippen MR) is 106 cm³/mol. The van der Waals surface area contributed by atoms with E-state index < -0.39 is 0 Å². The van der Waals surface area contributed by atoms with E-state index in [1.165, 1.54) is 75.4 Å². The molecule has 3 aliphatic carbocycles. The molecule has 3 rings (SSSR count). The van der Waals surface area contributed by atoms with Crippen molar-refractivity contribution in [1.82, 2.24) is 0 Å². The molecule has 0 aliphatic heterocycles. The van der Waals surface area contributed by atoms with Crippen molar-refractivity contribution in [2.24, 2.45) is 29.6 Å². The van der Waals surface area contributed by atoms with Gasteiger partial charge in [-0.05, 0) is 112 Å². The SMILES string of the molecule is CCC1=C(/C=C(\C)F)CCC(C2CCC(C3CCC(C)CC3)CC2)C1. The molecule has 0 bridgehead atoms. The first kappa shape index (κ1) is 19.2. The smallest absolute Gasteiger partial charge is 0.0971 e. The molecule has 0 aromatic carbocycles. The minimum atomic E-state index is -0.0262. The topological polar surface area (TPSA) is 0 Å². The zero-order valence-electron chi connectivity index (χ0n) is 16.8. The predicted octanol–water partition coefficient (Wildman–Crippen LogP) is 8.00.